The second-order valence-corrected chi connectivity index (χ2v) is 7.73. The predicted octanol–water partition coefficient (Wildman–Crippen LogP) is 5.35. The number of hydrogen-bond donors (Lipinski definition) is 1. The molecule has 3 rings (SSSR count). The van der Waals surface area contributed by atoms with Crippen LogP contribution in [-0.4, -0.2) is 23.2 Å². The van der Waals surface area contributed by atoms with Crippen molar-refractivity contribution in [3.63, 3.8) is 0 Å². The molecule has 1 aliphatic heterocycles. The molecule has 2 aromatic carbocycles. The number of anilines is 1. The second-order valence-electron chi connectivity index (χ2n) is 5.69. The Hall–Kier alpha value is -1.46. The molecule has 0 spiro atoms. The minimum absolute atomic E-state index is 0.0492. The number of halogens is 1. The highest BCUT2D eigenvalue weighted by atomic mass is 79.9. The molecule has 1 N–H and O–H groups in total. The topological polar surface area (TPSA) is 32.3 Å². The molecule has 1 saturated heterocycles. The van der Waals surface area contributed by atoms with Gasteiger partial charge in [0, 0.05) is 16.8 Å². The Morgan fingerprint density at radius 2 is 2.04 bits per heavy atom. The van der Waals surface area contributed by atoms with Crippen LogP contribution in [0.4, 0.5) is 10.5 Å². The fourth-order valence-electron chi connectivity index (χ4n) is 2.79. The van der Waals surface area contributed by atoms with E-state index in [2.05, 4.69) is 53.3 Å². The van der Waals surface area contributed by atoms with Crippen molar-refractivity contribution in [2.75, 3.05) is 17.6 Å². The molecule has 1 heterocycles. The largest absolute Gasteiger partial charge is 0.323 e. The lowest BCUT2D eigenvalue weighted by Crippen LogP contribution is -2.34. The first-order valence-corrected chi connectivity index (χ1v) is 9.41. The highest BCUT2D eigenvalue weighted by Gasteiger charge is 2.31. The Balaban J connectivity index is 1.81. The summed E-state index contributed by atoms with van der Waals surface area (Å²) in [6.45, 7) is 4.97. The van der Waals surface area contributed by atoms with Gasteiger partial charge in [-0.25, -0.2) is 4.79 Å². The van der Waals surface area contributed by atoms with E-state index in [0.29, 0.717) is 0 Å². The van der Waals surface area contributed by atoms with Crippen molar-refractivity contribution in [1.82, 2.24) is 4.90 Å². The van der Waals surface area contributed by atoms with Crippen molar-refractivity contribution in [1.29, 1.82) is 0 Å². The summed E-state index contributed by atoms with van der Waals surface area (Å²) in [7, 11) is 0. The molecule has 2 amide bonds. The number of amides is 2. The fourth-order valence-corrected chi connectivity index (χ4v) is 4.52. The third kappa shape index (κ3) is 3.56. The van der Waals surface area contributed by atoms with E-state index in [1.165, 1.54) is 16.7 Å². The zero-order chi connectivity index (χ0) is 16.4. The zero-order valence-corrected chi connectivity index (χ0v) is 15.6. The first-order valence-electron chi connectivity index (χ1n) is 7.57. The van der Waals surface area contributed by atoms with Crippen LogP contribution >= 0.6 is 27.7 Å². The van der Waals surface area contributed by atoms with Crippen LogP contribution in [0.25, 0.3) is 0 Å². The molecule has 2 aromatic rings. The minimum atomic E-state index is -0.0492. The van der Waals surface area contributed by atoms with Crippen LogP contribution in [0.3, 0.4) is 0 Å². The Kier molecular flexibility index (Phi) is 4.97. The number of thioether (sulfide) groups is 1. The molecule has 0 bridgehead atoms. The lowest BCUT2D eigenvalue weighted by Gasteiger charge is -2.26. The number of nitrogens with zero attached hydrogens (tertiary/aromatic N) is 1. The molecule has 1 fully saturated rings. The Morgan fingerprint density at radius 3 is 2.78 bits per heavy atom. The van der Waals surface area contributed by atoms with E-state index in [-0.39, 0.29) is 11.4 Å². The third-order valence-corrected chi connectivity index (χ3v) is 5.89. The van der Waals surface area contributed by atoms with Crippen LogP contribution in [0.15, 0.2) is 46.9 Å². The van der Waals surface area contributed by atoms with Crippen molar-refractivity contribution in [2.24, 2.45) is 0 Å². The van der Waals surface area contributed by atoms with Crippen molar-refractivity contribution >= 4 is 39.4 Å². The van der Waals surface area contributed by atoms with Crippen LogP contribution in [0.5, 0.6) is 0 Å². The molecule has 23 heavy (non-hydrogen) atoms. The Morgan fingerprint density at radius 1 is 1.26 bits per heavy atom. The normalized spacial score (nSPS) is 17.3. The highest BCUT2D eigenvalue weighted by molar-refractivity contribution is 9.10. The lowest BCUT2D eigenvalue weighted by molar-refractivity contribution is 0.214. The SMILES string of the molecule is Cc1ccc([C@@H]2SCCN2C(=O)Nc2ccccc2Br)c(C)c1. The third-order valence-electron chi connectivity index (χ3n) is 3.96. The first kappa shape index (κ1) is 16.4. The van der Waals surface area contributed by atoms with E-state index in [0.717, 1.165) is 22.5 Å². The van der Waals surface area contributed by atoms with Crippen LogP contribution in [0.2, 0.25) is 0 Å². The van der Waals surface area contributed by atoms with Gasteiger partial charge in [-0.15, -0.1) is 11.8 Å². The molecular weight excluding hydrogens is 372 g/mol. The molecule has 1 atom stereocenters. The molecule has 0 aliphatic carbocycles. The van der Waals surface area contributed by atoms with Crippen LogP contribution in [-0.2, 0) is 0 Å². The van der Waals surface area contributed by atoms with E-state index >= 15 is 0 Å². The number of urea groups is 1. The zero-order valence-electron chi connectivity index (χ0n) is 13.2. The maximum absolute atomic E-state index is 12.7. The van der Waals surface area contributed by atoms with Gasteiger partial charge in [-0.1, -0.05) is 35.9 Å². The number of carbonyl (C=O) groups is 1. The Bertz CT molecular complexity index is 735. The monoisotopic (exact) mass is 390 g/mol. The maximum atomic E-state index is 12.7. The quantitative estimate of drug-likeness (QED) is 0.749. The molecule has 0 unspecified atom stereocenters. The van der Waals surface area contributed by atoms with Crippen molar-refractivity contribution in [2.45, 2.75) is 19.2 Å². The smallest absolute Gasteiger partial charge is 0.308 e. The van der Waals surface area contributed by atoms with E-state index < -0.39 is 0 Å². The van der Waals surface area contributed by atoms with E-state index in [1.54, 1.807) is 0 Å². The van der Waals surface area contributed by atoms with Gasteiger partial charge in [-0.2, -0.15) is 0 Å². The van der Waals surface area contributed by atoms with E-state index in [4.69, 9.17) is 0 Å². The number of nitrogens with one attached hydrogen (secondary N) is 1. The van der Waals surface area contributed by atoms with E-state index in [1.807, 2.05) is 40.9 Å². The lowest BCUT2D eigenvalue weighted by atomic mass is 10.1. The van der Waals surface area contributed by atoms with Gasteiger partial charge < -0.3 is 10.2 Å². The summed E-state index contributed by atoms with van der Waals surface area (Å²) in [5.41, 5.74) is 4.51. The van der Waals surface area contributed by atoms with Gasteiger partial charge in [0.05, 0.1) is 5.69 Å². The second kappa shape index (κ2) is 6.97. The number of para-hydroxylation sites is 1. The van der Waals surface area contributed by atoms with Gasteiger partial charge in [0.15, 0.2) is 0 Å². The summed E-state index contributed by atoms with van der Waals surface area (Å²) < 4.78 is 0.892. The minimum Gasteiger partial charge on any atom is -0.308 e. The maximum Gasteiger partial charge on any atom is 0.323 e. The molecule has 120 valence electrons. The number of aryl methyl sites for hydroxylation is 2. The van der Waals surface area contributed by atoms with Crippen LogP contribution in [0, 0.1) is 13.8 Å². The summed E-state index contributed by atoms with van der Waals surface area (Å²) in [5, 5.41) is 3.09. The van der Waals surface area contributed by atoms with Crippen LogP contribution in [0.1, 0.15) is 22.1 Å². The van der Waals surface area contributed by atoms with Gasteiger partial charge in [-0.3, -0.25) is 0 Å². The number of hydrogen-bond acceptors (Lipinski definition) is 2. The molecular formula is C18H19BrN2OS. The van der Waals surface area contributed by atoms with Crippen LogP contribution < -0.4 is 5.32 Å². The summed E-state index contributed by atoms with van der Waals surface area (Å²) in [6, 6.07) is 14.1. The van der Waals surface area contributed by atoms with Gasteiger partial charge >= 0.3 is 6.03 Å². The standard InChI is InChI=1S/C18H19BrN2OS/c1-12-7-8-14(13(2)11-12)17-21(9-10-23-17)18(22)20-16-6-4-3-5-15(16)19/h3-8,11,17H,9-10H2,1-2H3,(H,20,22)/t17-/m0/s1. The average Bonchev–Trinajstić information content (AvgIpc) is 2.99. The number of carbonyl (C=O) groups excluding carboxylic acids is 1. The summed E-state index contributed by atoms with van der Waals surface area (Å²) >= 11 is 5.29. The van der Waals surface area contributed by atoms with Gasteiger partial charge in [0.1, 0.15) is 5.37 Å². The molecule has 5 heteroatoms. The highest BCUT2D eigenvalue weighted by Crippen LogP contribution is 2.40. The molecule has 0 aromatic heterocycles. The fraction of sp³-hybridized carbons (Fsp3) is 0.278. The van der Waals surface area contributed by atoms with Crippen molar-refractivity contribution in [3.05, 3.63) is 63.6 Å². The van der Waals surface area contributed by atoms with Gasteiger partial charge in [0.25, 0.3) is 0 Å². The van der Waals surface area contributed by atoms with E-state index in [9.17, 15) is 4.79 Å². The van der Waals surface area contributed by atoms with Crippen molar-refractivity contribution in [3.8, 4) is 0 Å². The average molecular weight is 391 g/mol. The molecule has 0 saturated carbocycles. The Labute approximate surface area is 149 Å². The summed E-state index contributed by atoms with van der Waals surface area (Å²) in [4.78, 5) is 14.6. The van der Waals surface area contributed by atoms with Gasteiger partial charge in [0.2, 0.25) is 0 Å². The summed E-state index contributed by atoms with van der Waals surface area (Å²) in [6.07, 6.45) is 0. The molecule has 0 radical (unpaired) electrons. The summed E-state index contributed by atoms with van der Waals surface area (Å²) in [5.74, 6) is 0.960. The molecule has 3 nitrogen and oxygen atoms in total. The molecule has 1 aliphatic rings. The first-order chi connectivity index (χ1) is 11.1. The predicted molar refractivity (Wildman–Crippen MR) is 101 cm³/mol. The van der Waals surface area contributed by atoms with Gasteiger partial charge in [-0.05, 0) is 53.0 Å². The number of rotatable bonds is 2. The van der Waals surface area contributed by atoms with Crippen molar-refractivity contribution < 1.29 is 4.79 Å². The number of benzene rings is 2.